The summed E-state index contributed by atoms with van der Waals surface area (Å²) < 4.78 is 0. The van der Waals surface area contributed by atoms with Gasteiger partial charge in [0.25, 0.3) is 0 Å². The predicted molar refractivity (Wildman–Crippen MR) is 66.6 cm³/mol. The van der Waals surface area contributed by atoms with Gasteiger partial charge in [-0.1, -0.05) is 50.6 Å². The molecule has 1 aromatic carbocycles. The minimum absolute atomic E-state index is 0.00220. The number of aryl methyl sites for hydroxylation is 1. The molecule has 1 atom stereocenters. The minimum atomic E-state index is -0.00220. The molecule has 1 nitrogen and oxygen atoms in total. The van der Waals surface area contributed by atoms with Crippen molar-refractivity contribution in [3.63, 3.8) is 0 Å². The molecule has 0 aliphatic heterocycles. The highest BCUT2D eigenvalue weighted by Crippen LogP contribution is 2.52. The second-order valence-corrected chi connectivity index (χ2v) is 5.97. The minimum Gasteiger partial charge on any atom is -0.300 e. The average Bonchev–Trinajstić information content (AvgIpc) is 2.37. The fraction of sp³-hybridized carbons (Fsp3) is 0.533. The van der Waals surface area contributed by atoms with Gasteiger partial charge in [-0.05, 0) is 17.9 Å². The molecule has 0 saturated heterocycles. The van der Waals surface area contributed by atoms with Crippen LogP contribution >= 0.6 is 0 Å². The van der Waals surface area contributed by atoms with E-state index in [0.717, 1.165) is 0 Å². The van der Waals surface area contributed by atoms with Crippen LogP contribution in [-0.4, -0.2) is 5.78 Å². The summed E-state index contributed by atoms with van der Waals surface area (Å²) in [6.07, 6.45) is 1.39. The number of ketones is 1. The van der Waals surface area contributed by atoms with Gasteiger partial charge in [0.1, 0.15) is 5.78 Å². The van der Waals surface area contributed by atoms with E-state index in [0.29, 0.717) is 18.6 Å². The first-order valence-electron chi connectivity index (χ1n) is 5.94. The second kappa shape index (κ2) is 3.44. The Morgan fingerprint density at radius 3 is 2.00 bits per heavy atom. The third kappa shape index (κ3) is 1.59. The molecule has 1 heteroatoms. The number of Topliss-reactive ketones (excluding diaryl/α,β-unsaturated/α-hetero) is 1. The monoisotopic (exact) mass is 216 g/mol. The van der Waals surface area contributed by atoms with Gasteiger partial charge in [0.05, 0.1) is 0 Å². The maximum absolute atomic E-state index is 11.7. The second-order valence-electron chi connectivity index (χ2n) is 5.97. The van der Waals surface area contributed by atoms with Crippen LogP contribution in [0.2, 0.25) is 0 Å². The van der Waals surface area contributed by atoms with Crippen molar-refractivity contribution in [3.05, 3.63) is 35.4 Å². The number of hydrogen-bond acceptors (Lipinski definition) is 1. The highest BCUT2D eigenvalue weighted by molar-refractivity contribution is 5.84. The maximum Gasteiger partial charge on any atom is 0.134 e. The molecule has 0 unspecified atom stereocenters. The summed E-state index contributed by atoms with van der Waals surface area (Å²) in [4.78, 5) is 11.7. The van der Waals surface area contributed by atoms with Crippen molar-refractivity contribution < 1.29 is 4.79 Å². The third-order valence-electron chi connectivity index (χ3n) is 4.37. The van der Waals surface area contributed by atoms with Gasteiger partial charge < -0.3 is 0 Å². The zero-order valence-corrected chi connectivity index (χ0v) is 10.6. The largest absolute Gasteiger partial charge is 0.300 e. The summed E-state index contributed by atoms with van der Waals surface area (Å²) >= 11 is 0. The Labute approximate surface area is 97.9 Å². The average molecular weight is 216 g/mol. The van der Waals surface area contributed by atoms with Gasteiger partial charge in [-0.15, -0.1) is 0 Å². The Hall–Kier alpha value is -1.11. The lowest BCUT2D eigenvalue weighted by Crippen LogP contribution is -2.33. The van der Waals surface area contributed by atoms with E-state index in [1.54, 1.807) is 0 Å². The summed E-state index contributed by atoms with van der Waals surface area (Å²) in [7, 11) is 0. The van der Waals surface area contributed by atoms with Gasteiger partial charge >= 0.3 is 0 Å². The van der Waals surface area contributed by atoms with Gasteiger partial charge in [-0.2, -0.15) is 0 Å². The topological polar surface area (TPSA) is 17.1 Å². The fourth-order valence-electron chi connectivity index (χ4n) is 2.80. The van der Waals surface area contributed by atoms with E-state index in [9.17, 15) is 4.79 Å². The molecule has 1 aliphatic carbocycles. The van der Waals surface area contributed by atoms with E-state index in [-0.39, 0.29) is 10.8 Å². The molecule has 0 aromatic heterocycles. The van der Waals surface area contributed by atoms with Crippen molar-refractivity contribution >= 4 is 5.78 Å². The fourth-order valence-corrected chi connectivity index (χ4v) is 2.80. The molecule has 1 saturated carbocycles. The van der Waals surface area contributed by atoms with Crippen LogP contribution in [0, 0.1) is 12.3 Å². The molecule has 0 amide bonds. The van der Waals surface area contributed by atoms with Crippen LogP contribution in [-0.2, 0) is 10.2 Å². The summed E-state index contributed by atoms with van der Waals surface area (Å²) in [6, 6.07) is 8.63. The van der Waals surface area contributed by atoms with Gasteiger partial charge in [0.2, 0.25) is 0 Å². The van der Waals surface area contributed by atoms with E-state index in [1.807, 2.05) is 0 Å². The molecule has 16 heavy (non-hydrogen) atoms. The first-order valence-corrected chi connectivity index (χ1v) is 5.94. The molecule has 1 fully saturated rings. The molecule has 0 radical (unpaired) electrons. The van der Waals surface area contributed by atoms with Crippen LogP contribution in [0.3, 0.4) is 0 Å². The van der Waals surface area contributed by atoms with Crippen LogP contribution in [0.15, 0.2) is 24.3 Å². The third-order valence-corrected chi connectivity index (χ3v) is 4.37. The maximum atomic E-state index is 11.7. The summed E-state index contributed by atoms with van der Waals surface area (Å²) in [5.41, 5.74) is 2.64. The van der Waals surface area contributed by atoms with Gasteiger partial charge in [-0.3, -0.25) is 4.79 Å². The number of carbonyl (C=O) groups is 1. The Morgan fingerprint density at radius 1 is 1.00 bits per heavy atom. The normalized spacial score (nSPS) is 28.4. The lowest BCUT2D eigenvalue weighted by molar-refractivity contribution is -0.118. The summed E-state index contributed by atoms with van der Waals surface area (Å²) in [6.45, 7) is 8.73. The van der Waals surface area contributed by atoms with Gasteiger partial charge in [0.15, 0.2) is 0 Å². The summed E-state index contributed by atoms with van der Waals surface area (Å²) in [5.74, 6) is 0.396. The van der Waals surface area contributed by atoms with Gasteiger partial charge in [-0.25, -0.2) is 0 Å². The van der Waals surface area contributed by atoms with Crippen LogP contribution in [0.4, 0.5) is 0 Å². The van der Waals surface area contributed by atoms with E-state index in [4.69, 9.17) is 0 Å². The molecule has 1 aliphatic rings. The molecule has 0 spiro atoms. The molecule has 0 N–H and O–H groups in total. The smallest absolute Gasteiger partial charge is 0.134 e. The highest BCUT2D eigenvalue weighted by atomic mass is 16.1. The molecule has 2 rings (SSSR count). The molecule has 0 bridgehead atoms. The van der Waals surface area contributed by atoms with Crippen molar-refractivity contribution in [2.45, 2.75) is 46.0 Å². The number of rotatable bonds is 1. The van der Waals surface area contributed by atoms with E-state index >= 15 is 0 Å². The molecular weight excluding hydrogens is 196 g/mol. The molecule has 1 aromatic rings. The van der Waals surface area contributed by atoms with Crippen molar-refractivity contribution in [1.82, 2.24) is 0 Å². The Balaban J connectivity index is 2.46. The Kier molecular flexibility index (Phi) is 2.45. The van der Waals surface area contributed by atoms with E-state index < -0.39 is 0 Å². The van der Waals surface area contributed by atoms with E-state index in [2.05, 4.69) is 52.0 Å². The SMILES string of the molecule is Cc1ccc([C@@]2(C)CC(=O)CC2(C)C)cc1. The first kappa shape index (κ1) is 11.4. The van der Waals surface area contributed by atoms with Crippen molar-refractivity contribution in [1.29, 1.82) is 0 Å². The van der Waals surface area contributed by atoms with Crippen molar-refractivity contribution in [3.8, 4) is 0 Å². The van der Waals surface area contributed by atoms with Crippen LogP contribution in [0.1, 0.15) is 44.7 Å². The van der Waals surface area contributed by atoms with Crippen LogP contribution in [0.5, 0.6) is 0 Å². The quantitative estimate of drug-likeness (QED) is 0.700. The zero-order chi connectivity index (χ0) is 12.0. The number of benzene rings is 1. The molecule has 86 valence electrons. The zero-order valence-electron chi connectivity index (χ0n) is 10.6. The predicted octanol–water partition coefficient (Wildman–Crippen LogP) is 3.64. The number of carbonyl (C=O) groups excluding carboxylic acids is 1. The van der Waals surface area contributed by atoms with Crippen molar-refractivity contribution in [2.24, 2.45) is 5.41 Å². The van der Waals surface area contributed by atoms with Crippen LogP contribution < -0.4 is 0 Å². The van der Waals surface area contributed by atoms with Crippen molar-refractivity contribution in [2.75, 3.05) is 0 Å². The van der Waals surface area contributed by atoms with Gasteiger partial charge in [0, 0.05) is 18.3 Å². The lowest BCUT2D eigenvalue weighted by Gasteiger charge is -2.38. The van der Waals surface area contributed by atoms with Crippen LogP contribution in [0.25, 0.3) is 0 Å². The van der Waals surface area contributed by atoms with E-state index in [1.165, 1.54) is 11.1 Å². The highest BCUT2D eigenvalue weighted by Gasteiger charge is 2.49. The molecule has 0 heterocycles. The Bertz CT molecular complexity index is 414. The standard InChI is InChI=1S/C15H20O/c1-11-5-7-12(8-6-11)15(4)10-13(16)9-14(15,2)3/h5-8H,9-10H2,1-4H3/t15-/m1/s1. The first-order chi connectivity index (χ1) is 7.35. The molecular formula is C15H20O. The lowest BCUT2D eigenvalue weighted by atomic mass is 9.65. The summed E-state index contributed by atoms with van der Waals surface area (Å²) in [5, 5.41) is 0. The Morgan fingerprint density at radius 2 is 1.56 bits per heavy atom. The number of hydrogen-bond donors (Lipinski definition) is 0.